The van der Waals surface area contributed by atoms with E-state index in [2.05, 4.69) is 4.98 Å². The van der Waals surface area contributed by atoms with Gasteiger partial charge in [-0.15, -0.1) is 0 Å². The molecule has 0 bridgehead atoms. The Kier molecular flexibility index (Phi) is 6.77. The first-order chi connectivity index (χ1) is 16.4. The van der Waals surface area contributed by atoms with E-state index in [1.165, 1.54) is 13.3 Å². The third kappa shape index (κ3) is 4.57. The van der Waals surface area contributed by atoms with Gasteiger partial charge >= 0.3 is 5.97 Å². The van der Waals surface area contributed by atoms with Crippen molar-refractivity contribution in [1.82, 2.24) is 14.8 Å². The van der Waals surface area contributed by atoms with Crippen LogP contribution in [-0.4, -0.2) is 71.5 Å². The van der Waals surface area contributed by atoms with Crippen LogP contribution in [0, 0.1) is 0 Å². The van der Waals surface area contributed by atoms with Crippen LogP contribution in [0.1, 0.15) is 34.7 Å². The molecule has 3 aromatic rings. The Bertz CT molecular complexity index is 1210. The maximum Gasteiger partial charge on any atom is 0.357 e. The van der Waals surface area contributed by atoms with Crippen molar-refractivity contribution < 1.29 is 23.9 Å². The number of esters is 1. The van der Waals surface area contributed by atoms with E-state index in [9.17, 15) is 14.4 Å². The first-order valence-corrected chi connectivity index (χ1v) is 11.2. The van der Waals surface area contributed by atoms with Crippen LogP contribution in [0.2, 0.25) is 0 Å². The summed E-state index contributed by atoms with van der Waals surface area (Å²) in [6.07, 6.45) is 0.762. The molecule has 0 radical (unpaired) electrons. The van der Waals surface area contributed by atoms with Crippen LogP contribution < -0.4 is 4.74 Å². The van der Waals surface area contributed by atoms with Gasteiger partial charge in [0.1, 0.15) is 5.75 Å². The zero-order valence-electron chi connectivity index (χ0n) is 19.4. The van der Waals surface area contributed by atoms with E-state index in [1.54, 1.807) is 53.1 Å². The van der Waals surface area contributed by atoms with Gasteiger partial charge in [-0.25, -0.2) is 9.78 Å². The summed E-state index contributed by atoms with van der Waals surface area (Å²) in [6, 6.07) is 16.0. The van der Waals surface area contributed by atoms with Crippen LogP contribution >= 0.6 is 0 Å². The summed E-state index contributed by atoms with van der Waals surface area (Å²) in [4.78, 5) is 45.7. The number of carbonyl (C=O) groups excluding carboxylic acids is 3. The topological polar surface area (TPSA) is 89.0 Å². The smallest absolute Gasteiger partial charge is 0.357 e. The van der Waals surface area contributed by atoms with Gasteiger partial charge in [-0.05, 0) is 38.1 Å². The quantitative estimate of drug-likeness (QED) is 0.543. The molecule has 4 rings (SSSR count). The molecule has 1 aromatic heterocycles. The zero-order chi connectivity index (χ0) is 24.2. The first kappa shape index (κ1) is 23.2. The molecule has 1 fully saturated rings. The van der Waals surface area contributed by atoms with Crippen molar-refractivity contribution >= 4 is 28.6 Å². The zero-order valence-corrected chi connectivity index (χ0v) is 19.4. The van der Waals surface area contributed by atoms with Gasteiger partial charge < -0.3 is 19.3 Å². The summed E-state index contributed by atoms with van der Waals surface area (Å²) in [7, 11) is 1.30. The molecular weight excluding hydrogens is 434 g/mol. The van der Waals surface area contributed by atoms with Gasteiger partial charge in [0, 0.05) is 48.2 Å². The van der Waals surface area contributed by atoms with Crippen LogP contribution in [0.5, 0.6) is 5.75 Å². The van der Waals surface area contributed by atoms with Gasteiger partial charge in [-0.3, -0.25) is 9.59 Å². The van der Waals surface area contributed by atoms with Crippen LogP contribution in [0.25, 0.3) is 10.8 Å². The van der Waals surface area contributed by atoms with E-state index in [0.717, 1.165) is 0 Å². The molecule has 0 spiro atoms. The molecule has 2 amide bonds. The lowest BCUT2D eigenvalue weighted by atomic mass is 10.1. The standard InChI is InChI=1S/C26H27N3O5/c1-17-16-28(25(31)19-8-5-4-6-9-19)14-15-29(17)24(30)18(2)34-22-11-7-10-21-20(22)12-13-27-23(21)26(32)33-3/h4-13,17-18H,14-16H2,1-3H3/t17-,18+/m1/s1. The summed E-state index contributed by atoms with van der Waals surface area (Å²) in [5, 5.41) is 1.26. The van der Waals surface area contributed by atoms with Gasteiger partial charge in [0.2, 0.25) is 0 Å². The highest BCUT2D eigenvalue weighted by atomic mass is 16.5. The van der Waals surface area contributed by atoms with Gasteiger partial charge in [-0.2, -0.15) is 0 Å². The van der Waals surface area contributed by atoms with Crippen LogP contribution in [0.15, 0.2) is 60.8 Å². The Morgan fingerprint density at radius 3 is 2.47 bits per heavy atom. The molecule has 1 aliphatic rings. The number of fused-ring (bicyclic) bond motifs is 1. The molecule has 34 heavy (non-hydrogen) atoms. The van der Waals surface area contributed by atoms with Crippen molar-refractivity contribution in [3.05, 3.63) is 72.1 Å². The lowest BCUT2D eigenvalue weighted by Crippen LogP contribution is -2.57. The fourth-order valence-electron chi connectivity index (χ4n) is 4.25. The lowest BCUT2D eigenvalue weighted by molar-refractivity contribution is -0.142. The third-order valence-electron chi connectivity index (χ3n) is 6.01. The first-order valence-electron chi connectivity index (χ1n) is 11.2. The normalized spacial score (nSPS) is 16.7. The molecule has 176 valence electrons. The number of aromatic nitrogens is 1. The number of carbonyl (C=O) groups is 3. The molecule has 2 aromatic carbocycles. The lowest BCUT2D eigenvalue weighted by Gasteiger charge is -2.40. The van der Waals surface area contributed by atoms with Crippen LogP contribution in [0.3, 0.4) is 0 Å². The number of amides is 2. The third-order valence-corrected chi connectivity index (χ3v) is 6.01. The molecule has 2 heterocycles. The second kappa shape index (κ2) is 9.91. The Morgan fingerprint density at radius 1 is 1.00 bits per heavy atom. The van der Waals surface area contributed by atoms with Crippen molar-refractivity contribution in [2.24, 2.45) is 0 Å². The fourth-order valence-corrected chi connectivity index (χ4v) is 4.25. The van der Waals surface area contributed by atoms with Crippen molar-refractivity contribution in [3.8, 4) is 5.75 Å². The number of ether oxygens (including phenoxy) is 2. The van der Waals surface area contributed by atoms with Crippen LogP contribution in [-0.2, 0) is 9.53 Å². The number of methoxy groups -OCH3 is 1. The Morgan fingerprint density at radius 2 is 1.76 bits per heavy atom. The van der Waals surface area contributed by atoms with Crippen LogP contribution in [0.4, 0.5) is 0 Å². The highest BCUT2D eigenvalue weighted by Crippen LogP contribution is 2.28. The van der Waals surface area contributed by atoms with Gasteiger partial charge in [-0.1, -0.05) is 30.3 Å². The molecule has 0 saturated carbocycles. The summed E-state index contributed by atoms with van der Waals surface area (Å²) in [6.45, 7) is 4.98. The molecule has 1 saturated heterocycles. The van der Waals surface area contributed by atoms with Crippen molar-refractivity contribution in [1.29, 1.82) is 0 Å². The van der Waals surface area contributed by atoms with E-state index < -0.39 is 12.1 Å². The van der Waals surface area contributed by atoms with Gasteiger partial charge in [0.15, 0.2) is 11.8 Å². The monoisotopic (exact) mass is 461 g/mol. The number of hydrogen-bond donors (Lipinski definition) is 0. The number of hydrogen-bond acceptors (Lipinski definition) is 6. The second-order valence-corrected chi connectivity index (χ2v) is 8.26. The maximum absolute atomic E-state index is 13.2. The minimum Gasteiger partial charge on any atom is -0.480 e. The number of nitrogens with zero attached hydrogens (tertiary/aromatic N) is 3. The number of piperazine rings is 1. The predicted octanol–water partition coefficient (Wildman–Crippen LogP) is 3.16. The molecule has 0 N–H and O–H groups in total. The summed E-state index contributed by atoms with van der Waals surface area (Å²) in [5.74, 6) is -0.242. The highest BCUT2D eigenvalue weighted by Gasteiger charge is 2.33. The number of pyridine rings is 1. The summed E-state index contributed by atoms with van der Waals surface area (Å²) < 4.78 is 10.9. The largest absolute Gasteiger partial charge is 0.480 e. The van der Waals surface area contributed by atoms with Crippen molar-refractivity contribution in [3.63, 3.8) is 0 Å². The SMILES string of the molecule is COC(=O)c1nccc2c(O[C@@H](C)C(=O)N3CCN(C(=O)c4ccccc4)C[C@H]3C)cccc12. The molecule has 8 nitrogen and oxygen atoms in total. The van der Waals surface area contributed by atoms with E-state index in [4.69, 9.17) is 9.47 Å². The highest BCUT2D eigenvalue weighted by molar-refractivity contribution is 6.04. The average molecular weight is 462 g/mol. The Hall–Kier alpha value is -3.94. The molecule has 2 atom stereocenters. The van der Waals surface area contributed by atoms with Gasteiger partial charge in [0.25, 0.3) is 11.8 Å². The minimum atomic E-state index is -0.751. The van der Waals surface area contributed by atoms with Gasteiger partial charge in [0.05, 0.1) is 7.11 Å². The molecular formula is C26H27N3O5. The minimum absolute atomic E-state index is 0.0328. The average Bonchev–Trinajstić information content (AvgIpc) is 2.87. The number of benzene rings is 2. The van der Waals surface area contributed by atoms with Crippen molar-refractivity contribution in [2.75, 3.05) is 26.7 Å². The Balaban J connectivity index is 1.46. The fraction of sp³-hybridized carbons (Fsp3) is 0.308. The van der Waals surface area contributed by atoms with Crippen molar-refractivity contribution in [2.45, 2.75) is 26.0 Å². The van der Waals surface area contributed by atoms with E-state index in [-0.39, 0.29) is 23.6 Å². The summed E-state index contributed by atoms with van der Waals surface area (Å²) >= 11 is 0. The maximum atomic E-state index is 13.2. The molecule has 8 heteroatoms. The second-order valence-electron chi connectivity index (χ2n) is 8.26. The van der Waals surface area contributed by atoms with E-state index in [1.807, 2.05) is 25.1 Å². The van der Waals surface area contributed by atoms with E-state index in [0.29, 0.717) is 41.7 Å². The molecule has 1 aliphatic heterocycles. The number of rotatable bonds is 5. The molecule has 0 aliphatic carbocycles. The summed E-state index contributed by atoms with van der Waals surface area (Å²) in [5.41, 5.74) is 0.834. The molecule has 0 unspecified atom stereocenters. The van der Waals surface area contributed by atoms with E-state index >= 15 is 0 Å². The predicted molar refractivity (Wildman–Crippen MR) is 127 cm³/mol. The Labute approximate surface area is 198 Å².